The molecule has 0 aliphatic rings. The zero-order chi connectivity index (χ0) is 14.7. The molecule has 0 bridgehead atoms. The Morgan fingerprint density at radius 2 is 1.80 bits per heavy atom. The lowest BCUT2D eigenvalue weighted by Gasteiger charge is -2.14. The maximum Gasteiger partial charge on any atom is 0.133 e. The third-order valence-corrected chi connectivity index (χ3v) is 3.77. The molecule has 0 atom stereocenters. The average molecular weight is 330 g/mol. The van der Waals surface area contributed by atoms with Gasteiger partial charge in [0.05, 0.1) is 0 Å². The van der Waals surface area contributed by atoms with Crippen LogP contribution >= 0.6 is 34.8 Å². The zero-order valence-electron chi connectivity index (χ0n) is 11.3. The SMILES string of the molecule is Cc1ccc(C)c(OCc2cc(Cl)ccc2C(Cl)Cl)c1. The molecule has 106 valence electrons. The van der Waals surface area contributed by atoms with Crippen LogP contribution in [0.1, 0.15) is 27.1 Å². The third kappa shape index (κ3) is 3.82. The van der Waals surface area contributed by atoms with Gasteiger partial charge in [0.1, 0.15) is 17.2 Å². The lowest BCUT2D eigenvalue weighted by molar-refractivity contribution is 0.303. The second-order valence-corrected chi connectivity index (χ2v) is 6.23. The molecule has 0 saturated carbocycles. The van der Waals surface area contributed by atoms with Gasteiger partial charge in [-0.3, -0.25) is 0 Å². The first kappa shape index (κ1) is 15.5. The molecular weight excluding hydrogens is 315 g/mol. The first-order valence-corrected chi connectivity index (χ1v) is 7.49. The van der Waals surface area contributed by atoms with Gasteiger partial charge in [-0.15, -0.1) is 23.2 Å². The molecule has 0 N–H and O–H groups in total. The lowest BCUT2D eigenvalue weighted by atomic mass is 10.1. The molecule has 4 heteroatoms. The molecule has 0 saturated heterocycles. The zero-order valence-corrected chi connectivity index (χ0v) is 13.6. The molecule has 1 nitrogen and oxygen atoms in total. The largest absolute Gasteiger partial charge is 0.489 e. The van der Waals surface area contributed by atoms with Crippen LogP contribution in [-0.4, -0.2) is 0 Å². The Balaban J connectivity index is 2.22. The van der Waals surface area contributed by atoms with Crippen molar-refractivity contribution in [3.05, 3.63) is 63.7 Å². The van der Waals surface area contributed by atoms with Crippen LogP contribution in [0.15, 0.2) is 36.4 Å². The first-order valence-electron chi connectivity index (χ1n) is 6.24. The van der Waals surface area contributed by atoms with Gasteiger partial charge in [0.25, 0.3) is 0 Å². The van der Waals surface area contributed by atoms with Crippen LogP contribution in [-0.2, 0) is 6.61 Å². The van der Waals surface area contributed by atoms with Gasteiger partial charge in [-0.25, -0.2) is 0 Å². The summed E-state index contributed by atoms with van der Waals surface area (Å²) < 4.78 is 5.87. The van der Waals surface area contributed by atoms with Gasteiger partial charge in [0, 0.05) is 5.02 Å². The van der Waals surface area contributed by atoms with Gasteiger partial charge in [-0.05, 0) is 54.3 Å². The standard InChI is InChI=1S/C16H15Cl3O/c1-10-3-4-11(2)15(7-10)20-9-12-8-13(17)5-6-14(12)16(18)19/h3-8,16H,9H2,1-2H3. The normalized spacial score (nSPS) is 10.9. The molecule has 2 aromatic carbocycles. The predicted octanol–water partition coefficient (Wildman–Crippen LogP) is 6.01. The molecule has 0 unspecified atom stereocenters. The van der Waals surface area contributed by atoms with Gasteiger partial charge in [0.2, 0.25) is 0 Å². The van der Waals surface area contributed by atoms with Crippen molar-refractivity contribution in [1.82, 2.24) is 0 Å². The smallest absolute Gasteiger partial charge is 0.133 e. The van der Waals surface area contributed by atoms with Gasteiger partial charge in [-0.1, -0.05) is 29.8 Å². The quantitative estimate of drug-likeness (QED) is 0.624. The molecule has 0 amide bonds. The summed E-state index contributed by atoms with van der Waals surface area (Å²) in [6.07, 6.45) is 0. The molecule has 0 aliphatic carbocycles. The van der Waals surface area contributed by atoms with Gasteiger partial charge >= 0.3 is 0 Å². The van der Waals surface area contributed by atoms with Crippen molar-refractivity contribution in [2.24, 2.45) is 0 Å². The van der Waals surface area contributed by atoms with Gasteiger partial charge in [-0.2, -0.15) is 0 Å². The van der Waals surface area contributed by atoms with E-state index in [1.165, 1.54) is 0 Å². The summed E-state index contributed by atoms with van der Waals surface area (Å²) in [7, 11) is 0. The van der Waals surface area contributed by atoms with Crippen molar-refractivity contribution in [2.45, 2.75) is 25.3 Å². The minimum atomic E-state index is -0.593. The number of ether oxygens (including phenoxy) is 1. The highest BCUT2D eigenvalue weighted by atomic mass is 35.5. The number of aryl methyl sites for hydroxylation is 2. The Labute approximate surface area is 134 Å². The Kier molecular flexibility index (Phi) is 5.20. The van der Waals surface area contributed by atoms with E-state index in [0.29, 0.717) is 11.6 Å². The molecule has 0 aliphatic heterocycles. The second-order valence-electron chi connectivity index (χ2n) is 4.70. The topological polar surface area (TPSA) is 9.23 Å². The summed E-state index contributed by atoms with van der Waals surface area (Å²) in [6.45, 7) is 4.43. The minimum absolute atomic E-state index is 0.385. The highest BCUT2D eigenvalue weighted by molar-refractivity contribution is 6.44. The Bertz CT molecular complexity index is 609. The molecule has 2 rings (SSSR count). The average Bonchev–Trinajstić information content (AvgIpc) is 2.39. The Morgan fingerprint density at radius 1 is 1.05 bits per heavy atom. The number of hydrogen-bond acceptors (Lipinski definition) is 1. The van der Waals surface area contributed by atoms with Crippen molar-refractivity contribution >= 4 is 34.8 Å². The van der Waals surface area contributed by atoms with E-state index in [4.69, 9.17) is 39.5 Å². The summed E-state index contributed by atoms with van der Waals surface area (Å²) in [4.78, 5) is -0.593. The van der Waals surface area contributed by atoms with Crippen LogP contribution < -0.4 is 4.74 Å². The molecule has 2 aromatic rings. The summed E-state index contributed by atoms with van der Waals surface area (Å²) in [6, 6.07) is 11.5. The third-order valence-electron chi connectivity index (χ3n) is 3.07. The van der Waals surface area contributed by atoms with E-state index in [2.05, 4.69) is 6.07 Å². The van der Waals surface area contributed by atoms with Crippen LogP contribution in [0.25, 0.3) is 0 Å². The maximum absolute atomic E-state index is 6.02. The highest BCUT2D eigenvalue weighted by Crippen LogP contribution is 2.31. The molecule has 0 aromatic heterocycles. The molecule has 0 fully saturated rings. The van der Waals surface area contributed by atoms with E-state index in [9.17, 15) is 0 Å². The second kappa shape index (κ2) is 6.71. The minimum Gasteiger partial charge on any atom is -0.489 e. The van der Waals surface area contributed by atoms with E-state index in [0.717, 1.165) is 28.0 Å². The van der Waals surface area contributed by atoms with E-state index >= 15 is 0 Å². The summed E-state index contributed by atoms with van der Waals surface area (Å²) in [5.74, 6) is 0.858. The number of rotatable bonds is 4. The van der Waals surface area contributed by atoms with Crippen LogP contribution in [0.5, 0.6) is 5.75 Å². The highest BCUT2D eigenvalue weighted by Gasteiger charge is 2.11. The fourth-order valence-corrected chi connectivity index (χ4v) is 2.55. The summed E-state index contributed by atoms with van der Waals surface area (Å²) in [5, 5.41) is 0.641. The Morgan fingerprint density at radius 3 is 2.50 bits per heavy atom. The fourth-order valence-electron chi connectivity index (χ4n) is 1.93. The Hall–Kier alpha value is -0.890. The number of benzene rings is 2. The predicted molar refractivity (Wildman–Crippen MR) is 86.1 cm³/mol. The fraction of sp³-hybridized carbons (Fsp3) is 0.250. The summed E-state index contributed by atoms with van der Waals surface area (Å²) >= 11 is 17.9. The number of hydrogen-bond donors (Lipinski definition) is 0. The number of alkyl halides is 2. The maximum atomic E-state index is 6.02. The lowest BCUT2D eigenvalue weighted by Crippen LogP contribution is -2.01. The summed E-state index contributed by atoms with van der Waals surface area (Å²) in [5.41, 5.74) is 3.97. The molecule has 0 heterocycles. The molecule has 20 heavy (non-hydrogen) atoms. The van der Waals surface area contributed by atoms with Crippen molar-refractivity contribution in [3.8, 4) is 5.75 Å². The van der Waals surface area contributed by atoms with Crippen molar-refractivity contribution in [2.75, 3.05) is 0 Å². The van der Waals surface area contributed by atoms with E-state index in [1.54, 1.807) is 6.07 Å². The molecule has 0 radical (unpaired) electrons. The van der Waals surface area contributed by atoms with Crippen molar-refractivity contribution in [3.63, 3.8) is 0 Å². The van der Waals surface area contributed by atoms with Crippen LogP contribution in [0.2, 0.25) is 5.02 Å². The van der Waals surface area contributed by atoms with Gasteiger partial charge < -0.3 is 4.74 Å². The molecular formula is C16H15Cl3O. The van der Waals surface area contributed by atoms with Crippen LogP contribution in [0.4, 0.5) is 0 Å². The van der Waals surface area contributed by atoms with E-state index in [-0.39, 0.29) is 0 Å². The monoisotopic (exact) mass is 328 g/mol. The van der Waals surface area contributed by atoms with E-state index < -0.39 is 4.84 Å². The van der Waals surface area contributed by atoms with Crippen molar-refractivity contribution in [1.29, 1.82) is 0 Å². The van der Waals surface area contributed by atoms with E-state index in [1.807, 2.05) is 38.1 Å². The van der Waals surface area contributed by atoms with Crippen LogP contribution in [0.3, 0.4) is 0 Å². The first-order chi connectivity index (χ1) is 9.47. The van der Waals surface area contributed by atoms with Crippen molar-refractivity contribution < 1.29 is 4.74 Å². The molecule has 0 spiro atoms. The number of halogens is 3. The van der Waals surface area contributed by atoms with Crippen LogP contribution in [0, 0.1) is 13.8 Å². The van der Waals surface area contributed by atoms with Gasteiger partial charge in [0.15, 0.2) is 0 Å².